The fraction of sp³-hybridized carbons (Fsp3) is 0.900. The first kappa shape index (κ1) is 10.9. The number of β-amino-alcohol motifs (C(OH)–C–C–N with tert-alkyl or cyclic N) is 1. The minimum atomic E-state index is -0.329. The second kappa shape index (κ2) is 4.47. The summed E-state index contributed by atoms with van der Waals surface area (Å²) in [5.41, 5.74) is 0. The van der Waals surface area contributed by atoms with E-state index in [0.29, 0.717) is 32.1 Å². The van der Waals surface area contributed by atoms with Gasteiger partial charge in [-0.05, 0) is 13.3 Å². The summed E-state index contributed by atoms with van der Waals surface area (Å²) >= 11 is 0. The van der Waals surface area contributed by atoms with Gasteiger partial charge in [-0.15, -0.1) is 0 Å². The molecule has 0 aromatic heterocycles. The lowest BCUT2D eigenvalue weighted by atomic mass is 10.1. The van der Waals surface area contributed by atoms with Crippen molar-refractivity contribution in [2.24, 2.45) is 0 Å². The van der Waals surface area contributed by atoms with Crippen molar-refractivity contribution in [1.29, 1.82) is 0 Å². The first-order valence-electron chi connectivity index (χ1n) is 5.60. The van der Waals surface area contributed by atoms with Crippen LogP contribution in [0.2, 0.25) is 0 Å². The normalized spacial score (nSPS) is 36.9. The summed E-state index contributed by atoms with van der Waals surface area (Å²) in [6.07, 6.45) is 0.381. The van der Waals surface area contributed by atoms with E-state index in [1.54, 1.807) is 4.90 Å². The van der Waals surface area contributed by atoms with Crippen molar-refractivity contribution in [2.45, 2.75) is 31.5 Å². The van der Waals surface area contributed by atoms with Crippen molar-refractivity contribution < 1.29 is 9.90 Å². The Balaban J connectivity index is 1.85. The first-order valence-corrected chi connectivity index (χ1v) is 5.60. The van der Waals surface area contributed by atoms with E-state index in [1.165, 1.54) is 0 Å². The minimum absolute atomic E-state index is 0.117. The largest absolute Gasteiger partial charge is 0.391 e. The van der Waals surface area contributed by atoms with Crippen molar-refractivity contribution in [3.63, 3.8) is 0 Å². The number of nitrogens with zero attached hydrogens (tertiary/aromatic N) is 1. The van der Waals surface area contributed by atoms with Crippen molar-refractivity contribution in [1.82, 2.24) is 15.5 Å². The van der Waals surface area contributed by atoms with Gasteiger partial charge in [-0.2, -0.15) is 0 Å². The Morgan fingerprint density at radius 1 is 1.40 bits per heavy atom. The molecule has 2 saturated heterocycles. The minimum Gasteiger partial charge on any atom is -0.391 e. The predicted octanol–water partition coefficient (Wildman–Crippen LogP) is -1.47. The molecule has 1 amide bonds. The van der Waals surface area contributed by atoms with E-state index in [-0.39, 0.29) is 18.1 Å². The van der Waals surface area contributed by atoms with Gasteiger partial charge in [-0.25, -0.2) is 0 Å². The van der Waals surface area contributed by atoms with Crippen LogP contribution < -0.4 is 10.6 Å². The maximum atomic E-state index is 12.0. The number of piperazine rings is 1. The maximum absolute atomic E-state index is 12.0. The quantitative estimate of drug-likeness (QED) is 0.497. The van der Waals surface area contributed by atoms with Gasteiger partial charge in [-0.3, -0.25) is 4.79 Å². The van der Waals surface area contributed by atoms with Gasteiger partial charge < -0.3 is 20.6 Å². The number of carbonyl (C=O) groups excluding carboxylic acids is 1. The molecule has 0 aromatic carbocycles. The van der Waals surface area contributed by atoms with Crippen LogP contribution in [-0.2, 0) is 4.79 Å². The smallest absolute Gasteiger partial charge is 0.241 e. The fourth-order valence-electron chi connectivity index (χ4n) is 2.12. The molecule has 2 fully saturated rings. The zero-order chi connectivity index (χ0) is 10.8. The SMILES string of the molecule is CC1CNC(C(=O)N2CCC(O)C2)CN1. The molecule has 5 heteroatoms. The Bertz CT molecular complexity index is 239. The number of aliphatic hydroxyl groups excluding tert-OH is 1. The van der Waals surface area contributed by atoms with Gasteiger partial charge in [0.05, 0.1) is 12.1 Å². The van der Waals surface area contributed by atoms with E-state index < -0.39 is 0 Å². The van der Waals surface area contributed by atoms with Gasteiger partial charge in [0.2, 0.25) is 5.91 Å². The van der Waals surface area contributed by atoms with Crippen LogP contribution in [0.5, 0.6) is 0 Å². The lowest BCUT2D eigenvalue weighted by Crippen LogP contribution is -2.59. The van der Waals surface area contributed by atoms with E-state index in [4.69, 9.17) is 0 Å². The lowest BCUT2D eigenvalue weighted by Gasteiger charge is -2.31. The molecule has 3 atom stereocenters. The van der Waals surface area contributed by atoms with E-state index >= 15 is 0 Å². The highest BCUT2D eigenvalue weighted by atomic mass is 16.3. The molecule has 0 saturated carbocycles. The number of aliphatic hydroxyl groups is 1. The average Bonchev–Trinajstić information content (AvgIpc) is 2.65. The summed E-state index contributed by atoms with van der Waals surface area (Å²) in [4.78, 5) is 13.7. The molecule has 15 heavy (non-hydrogen) atoms. The third kappa shape index (κ3) is 2.48. The highest BCUT2D eigenvalue weighted by Crippen LogP contribution is 2.10. The van der Waals surface area contributed by atoms with Gasteiger partial charge >= 0.3 is 0 Å². The van der Waals surface area contributed by atoms with Crippen LogP contribution in [-0.4, -0.2) is 60.3 Å². The zero-order valence-electron chi connectivity index (χ0n) is 9.07. The third-order valence-electron chi connectivity index (χ3n) is 3.11. The summed E-state index contributed by atoms with van der Waals surface area (Å²) < 4.78 is 0. The van der Waals surface area contributed by atoms with Crippen LogP contribution >= 0.6 is 0 Å². The van der Waals surface area contributed by atoms with Crippen LogP contribution in [0.4, 0.5) is 0 Å². The summed E-state index contributed by atoms with van der Waals surface area (Å²) in [5.74, 6) is 0.117. The molecule has 2 heterocycles. The molecule has 0 spiro atoms. The number of hydrogen-bond donors (Lipinski definition) is 3. The molecular weight excluding hydrogens is 194 g/mol. The molecule has 2 aliphatic heterocycles. The summed E-state index contributed by atoms with van der Waals surface area (Å²) in [6.45, 7) is 4.78. The molecule has 86 valence electrons. The molecule has 0 aliphatic carbocycles. The zero-order valence-corrected chi connectivity index (χ0v) is 9.07. The van der Waals surface area contributed by atoms with Crippen LogP contribution in [0, 0.1) is 0 Å². The Kier molecular flexibility index (Phi) is 3.23. The lowest BCUT2D eigenvalue weighted by molar-refractivity contribution is -0.133. The number of nitrogens with one attached hydrogen (secondary N) is 2. The fourth-order valence-corrected chi connectivity index (χ4v) is 2.12. The summed E-state index contributed by atoms with van der Waals surface area (Å²) in [7, 11) is 0. The van der Waals surface area contributed by atoms with Crippen LogP contribution in [0.1, 0.15) is 13.3 Å². The van der Waals surface area contributed by atoms with Crippen molar-refractivity contribution in [2.75, 3.05) is 26.2 Å². The number of hydrogen-bond acceptors (Lipinski definition) is 4. The molecule has 0 aromatic rings. The predicted molar refractivity (Wildman–Crippen MR) is 56.5 cm³/mol. The van der Waals surface area contributed by atoms with E-state index in [1.807, 2.05) is 0 Å². The third-order valence-corrected chi connectivity index (χ3v) is 3.11. The molecule has 3 unspecified atom stereocenters. The van der Waals surface area contributed by atoms with Gasteiger partial charge in [0.25, 0.3) is 0 Å². The topological polar surface area (TPSA) is 64.6 Å². The van der Waals surface area contributed by atoms with Crippen molar-refractivity contribution in [3.05, 3.63) is 0 Å². The van der Waals surface area contributed by atoms with Crippen LogP contribution in [0.15, 0.2) is 0 Å². The number of amides is 1. The summed E-state index contributed by atoms with van der Waals surface area (Å²) in [5, 5.41) is 15.9. The maximum Gasteiger partial charge on any atom is 0.241 e. The molecule has 0 radical (unpaired) electrons. The molecule has 0 bridgehead atoms. The molecule has 5 nitrogen and oxygen atoms in total. The molecule has 2 rings (SSSR count). The first-order chi connectivity index (χ1) is 7.16. The van der Waals surface area contributed by atoms with E-state index in [0.717, 1.165) is 6.54 Å². The second-order valence-electron chi connectivity index (χ2n) is 4.50. The Morgan fingerprint density at radius 2 is 2.20 bits per heavy atom. The van der Waals surface area contributed by atoms with Gasteiger partial charge in [0.1, 0.15) is 0 Å². The van der Waals surface area contributed by atoms with Crippen molar-refractivity contribution >= 4 is 5.91 Å². The van der Waals surface area contributed by atoms with Crippen LogP contribution in [0.25, 0.3) is 0 Å². The molecular formula is C10H19N3O2. The van der Waals surface area contributed by atoms with Gasteiger partial charge in [-0.1, -0.05) is 0 Å². The molecule has 2 aliphatic rings. The second-order valence-corrected chi connectivity index (χ2v) is 4.50. The van der Waals surface area contributed by atoms with Crippen LogP contribution in [0.3, 0.4) is 0 Å². The molecule has 3 N–H and O–H groups in total. The highest BCUT2D eigenvalue weighted by Gasteiger charge is 2.31. The van der Waals surface area contributed by atoms with Crippen molar-refractivity contribution in [3.8, 4) is 0 Å². The Labute approximate surface area is 89.8 Å². The van der Waals surface area contributed by atoms with E-state index in [2.05, 4.69) is 17.6 Å². The average molecular weight is 213 g/mol. The Hall–Kier alpha value is -0.650. The van der Waals surface area contributed by atoms with E-state index in [9.17, 15) is 9.90 Å². The standard InChI is InChI=1S/C10H19N3O2/c1-7-4-12-9(5-11-7)10(15)13-3-2-8(14)6-13/h7-9,11-12,14H,2-6H2,1H3. The monoisotopic (exact) mass is 213 g/mol. The van der Waals surface area contributed by atoms with Gasteiger partial charge in [0, 0.05) is 32.2 Å². The van der Waals surface area contributed by atoms with Gasteiger partial charge in [0.15, 0.2) is 0 Å². The number of carbonyl (C=O) groups is 1. The highest BCUT2D eigenvalue weighted by molar-refractivity contribution is 5.82. The number of rotatable bonds is 1. The summed E-state index contributed by atoms with van der Waals surface area (Å²) in [6, 6.07) is 0.310. The number of likely N-dealkylation sites (tertiary alicyclic amines) is 1. The Morgan fingerprint density at radius 3 is 2.73 bits per heavy atom.